The van der Waals surface area contributed by atoms with Gasteiger partial charge in [0.1, 0.15) is 5.58 Å². The number of hydrogen-bond acceptors (Lipinski definition) is 5. The van der Waals surface area contributed by atoms with Crippen LogP contribution in [0.2, 0.25) is 0 Å². The SMILES string of the molecule is CN(C)c1ccc(-c2cc(=O)oc3ccc(-c4cc5cc(Br)cc(Br)c5oc4=O)cc23)cc1. The van der Waals surface area contributed by atoms with E-state index in [9.17, 15) is 9.59 Å². The molecule has 33 heavy (non-hydrogen) atoms. The van der Waals surface area contributed by atoms with Crippen molar-refractivity contribution in [2.75, 3.05) is 19.0 Å². The summed E-state index contributed by atoms with van der Waals surface area (Å²) in [6.07, 6.45) is 0. The average molecular weight is 567 g/mol. The van der Waals surface area contributed by atoms with Gasteiger partial charge < -0.3 is 13.7 Å². The smallest absolute Gasteiger partial charge is 0.344 e. The third kappa shape index (κ3) is 4.03. The summed E-state index contributed by atoms with van der Waals surface area (Å²) in [7, 11) is 3.94. The van der Waals surface area contributed by atoms with Crippen LogP contribution in [0.15, 0.2) is 94.1 Å². The minimum Gasteiger partial charge on any atom is -0.423 e. The molecule has 0 atom stereocenters. The van der Waals surface area contributed by atoms with Gasteiger partial charge in [0.25, 0.3) is 0 Å². The van der Waals surface area contributed by atoms with Gasteiger partial charge in [-0.05, 0) is 75.1 Å². The molecule has 0 saturated heterocycles. The molecule has 0 aliphatic carbocycles. The van der Waals surface area contributed by atoms with Crippen LogP contribution in [0.1, 0.15) is 0 Å². The second kappa shape index (κ2) is 8.32. The molecular weight excluding hydrogens is 550 g/mol. The fraction of sp³-hybridized carbons (Fsp3) is 0.0769. The fourth-order valence-corrected chi connectivity index (χ4v) is 5.21. The van der Waals surface area contributed by atoms with E-state index in [1.54, 1.807) is 12.1 Å². The van der Waals surface area contributed by atoms with Crippen LogP contribution in [-0.2, 0) is 0 Å². The van der Waals surface area contributed by atoms with Gasteiger partial charge in [0, 0.05) is 41.1 Å². The number of rotatable bonds is 3. The van der Waals surface area contributed by atoms with Crippen molar-refractivity contribution in [3.8, 4) is 22.3 Å². The minimum absolute atomic E-state index is 0.425. The van der Waals surface area contributed by atoms with Gasteiger partial charge in [-0.15, -0.1) is 0 Å². The predicted octanol–water partition coefficient (Wildman–Crippen LogP) is 6.82. The highest BCUT2D eigenvalue weighted by molar-refractivity contribution is 9.11. The number of anilines is 1. The predicted molar refractivity (Wildman–Crippen MR) is 139 cm³/mol. The lowest BCUT2D eigenvalue weighted by atomic mass is 9.98. The molecule has 0 saturated carbocycles. The van der Waals surface area contributed by atoms with Crippen molar-refractivity contribution in [1.82, 2.24) is 0 Å². The summed E-state index contributed by atoms with van der Waals surface area (Å²) in [5, 5.41) is 1.52. The number of benzene rings is 3. The Morgan fingerprint density at radius 3 is 2.21 bits per heavy atom. The first-order valence-corrected chi connectivity index (χ1v) is 11.7. The van der Waals surface area contributed by atoms with Crippen molar-refractivity contribution < 1.29 is 8.83 Å². The molecule has 164 valence electrons. The van der Waals surface area contributed by atoms with E-state index in [1.165, 1.54) is 6.07 Å². The maximum atomic E-state index is 12.8. The van der Waals surface area contributed by atoms with Gasteiger partial charge in [0.15, 0.2) is 5.58 Å². The van der Waals surface area contributed by atoms with E-state index in [0.29, 0.717) is 26.8 Å². The maximum Gasteiger partial charge on any atom is 0.344 e. The molecule has 5 rings (SSSR count). The number of hydrogen-bond donors (Lipinski definition) is 0. The lowest BCUT2D eigenvalue weighted by molar-refractivity contribution is 0.560. The molecule has 0 N–H and O–H groups in total. The van der Waals surface area contributed by atoms with Crippen LogP contribution in [-0.4, -0.2) is 14.1 Å². The second-order valence-corrected chi connectivity index (χ2v) is 9.65. The third-order valence-corrected chi connectivity index (χ3v) is 6.55. The van der Waals surface area contributed by atoms with Crippen molar-refractivity contribution in [2.45, 2.75) is 0 Å². The Labute approximate surface area is 205 Å². The van der Waals surface area contributed by atoms with E-state index in [2.05, 4.69) is 31.9 Å². The van der Waals surface area contributed by atoms with Crippen LogP contribution < -0.4 is 16.2 Å². The largest absolute Gasteiger partial charge is 0.423 e. The molecule has 0 aliphatic heterocycles. The molecule has 0 amide bonds. The lowest BCUT2D eigenvalue weighted by Crippen LogP contribution is -2.08. The summed E-state index contributed by atoms with van der Waals surface area (Å²) in [6.45, 7) is 0. The molecular formula is C26H17Br2NO4. The number of halogens is 2. The van der Waals surface area contributed by atoms with Crippen molar-refractivity contribution in [2.24, 2.45) is 0 Å². The monoisotopic (exact) mass is 565 g/mol. The molecule has 3 aromatic carbocycles. The van der Waals surface area contributed by atoms with Gasteiger partial charge in [-0.1, -0.05) is 34.1 Å². The van der Waals surface area contributed by atoms with Gasteiger partial charge in [-0.3, -0.25) is 0 Å². The average Bonchev–Trinajstić information content (AvgIpc) is 2.78. The van der Waals surface area contributed by atoms with Gasteiger partial charge in [-0.2, -0.15) is 0 Å². The maximum absolute atomic E-state index is 12.8. The summed E-state index contributed by atoms with van der Waals surface area (Å²) < 4.78 is 12.6. The molecule has 0 bridgehead atoms. The van der Waals surface area contributed by atoms with E-state index in [-0.39, 0.29) is 0 Å². The zero-order valence-corrected chi connectivity index (χ0v) is 20.9. The van der Waals surface area contributed by atoms with Gasteiger partial charge >= 0.3 is 11.3 Å². The molecule has 7 heteroatoms. The summed E-state index contributed by atoms with van der Waals surface area (Å²) in [6, 6.07) is 20.3. The van der Waals surface area contributed by atoms with Crippen LogP contribution in [0.25, 0.3) is 44.2 Å². The highest BCUT2D eigenvalue weighted by Crippen LogP contribution is 2.33. The second-order valence-electron chi connectivity index (χ2n) is 7.88. The van der Waals surface area contributed by atoms with Crippen LogP contribution in [0.3, 0.4) is 0 Å². The normalized spacial score (nSPS) is 11.3. The summed E-state index contributed by atoms with van der Waals surface area (Å²) in [4.78, 5) is 27.1. The van der Waals surface area contributed by atoms with E-state index in [0.717, 1.165) is 32.1 Å². The molecule has 5 nitrogen and oxygen atoms in total. The zero-order valence-electron chi connectivity index (χ0n) is 17.7. The Morgan fingerprint density at radius 1 is 0.758 bits per heavy atom. The molecule has 5 aromatic rings. The summed E-state index contributed by atoms with van der Waals surface area (Å²) >= 11 is 6.92. The Morgan fingerprint density at radius 2 is 1.48 bits per heavy atom. The van der Waals surface area contributed by atoms with Crippen molar-refractivity contribution in [3.63, 3.8) is 0 Å². The third-order valence-electron chi connectivity index (χ3n) is 5.50. The molecule has 0 radical (unpaired) electrons. The minimum atomic E-state index is -0.445. The highest BCUT2D eigenvalue weighted by Gasteiger charge is 2.14. The Kier molecular flexibility index (Phi) is 5.46. The van der Waals surface area contributed by atoms with Crippen LogP contribution in [0.5, 0.6) is 0 Å². The number of nitrogens with zero attached hydrogens (tertiary/aromatic N) is 1. The number of fused-ring (bicyclic) bond motifs is 2. The topological polar surface area (TPSA) is 63.7 Å². The first-order valence-electron chi connectivity index (χ1n) is 10.1. The molecule has 0 spiro atoms. The standard InChI is InChI=1S/C26H17Br2NO4/c1-29(2)18-6-3-14(4-7-18)19-13-24(30)32-23-8-5-15(10-21(19)23)20-11-16-9-17(27)12-22(28)25(16)33-26(20)31/h3-13H,1-2H3. The molecule has 0 unspecified atom stereocenters. The first-order chi connectivity index (χ1) is 15.8. The van der Waals surface area contributed by atoms with Gasteiger partial charge in [-0.25, -0.2) is 9.59 Å². The van der Waals surface area contributed by atoms with E-state index in [4.69, 9.17) is 8.83 Å². The summed E-state index contributed by atoms with van der Waals surface area (Å²) in [5.41, 5.74) is 3.84. The Balaban J connectivity index is 1.72. The van der Waals surface area contributed by atoms with Gasteiger partial charge in [0.2, 0.25) is 0 Å². The fourth-order valence-electron chi connectivity index (χ4n) is 3.87. The zero-order chi connectivity index (χ0) is 23.3. The van der Waals surface area contributed by atoms with Gasteiger partial charge in [0.05, 0.1) is 10.0 Å². The van der Waals surface area contributed by atoms with E-state index in [1.807, 2.05) is 67.5 Å². The van der Waals surface area contributed by atoms with Crippen molar-refractivity contribution in [1.29, 1.82) is 0 Å². The molecule has 0 fully saturated rings. The summed E-state index contributed by atoms with van der Waals surface area (Å²) in [5.74, 6) is 0. The van der Waals surface area contributed by atoms with Crippen LogP contribution >= 0.6 is 31.9 Å². The van der Waals surface area contributed by atoms with Crippen molar-refractivity contribution in [3.05, 3.63) is 96.5 Å². The first kappa shape index (κ1) is 21.7. The van der Waals surface area contributed by atoms with E-state index < -0.39 is 11.3 Å². The van der Waals surface area contributed by atoms with Crippen LogP contribution in [0, 0.1) is 0 Å². The lowest BCUT2D eigenvalue weighted by Gasteiger charge is -2.13. The van der Waals surface area contributed by atoms with Crippen LogP contribution in [0.4, 0.5) is 5.69 Å². The highest BCUT2D eigenvalue weighted by atomic mass is 79.9. The van der Waals surface area contributed by atoms with E-state index >= 15 is 0 Å². The Hall–Kier alpha value is -3.16. The molecule has 2 aromatic heterocycles. The Bertz CT molecular complexity index is 1650. The quantitative estimate of drug-likeness (QED) is 0.224. The van der Waals surface area contributed by atoms with Crippen molar-refractivity contribution >= 4 is 59.5 Å². The molecule has 2 heterocycles. The molecule has 0 aliphatic rings.